The molecule has 0 fully saturated rings. The molecule has 74 valence electrons. The maximum atomic E-state index is 4.03. The summed E-state index contributed by atoms with van der Waals surface area (Å²) in [4.78, 5) is 2.22. The lowest BCUT2D eigenvalue weighted by Crippen LogP contribution is -2.39. The molecule has 1 aromatic carbocycles. The molecule has 1 aliphatic rings. The Labute approximate surface area is 85.2 Å². The second kappa shape index (κ2) is 2.77. The standard InChI is InChI=1S/C12H16N2/c1-9-13-10-7-5-6-8-11(10)14(9)12(2,3)4/h5-8,13H,1H2,2-4H3. The highest BCUT2D eigenvalue weighted by Gasteiger charge is 2.30. The quantitative estimate of drug-likeness (QED) is 0.672. The maximum Gasteiger partial charge on any atom is 0.103 e. The monoisotopic (exact) mass is 188 g/mol. The molecule has 0 aliphatic carbocycles. The second-order valence-corrected chi connectivity index (χ2v) is 4.60. The van der Waals surface area contributed by atoms with Crippen LogP contribution in [0.2, 0.25) is 0 Å². The fraction of sp³-hybridized carbons (Fsp3) is 0.333. The largest absolute Gasteiger partial charge is 0.340 e. The van der Waals surface area contributed by atoms with Crippen molar-refractivity contribution in [2.75, 3.05) is 10.2 Å². The van der Waals surface area contributed by atoms with Gasteiger partial charge in [0.1, 0.15) is 5.82 Å². The van der Waals surface area contributed by atoms with Gasteiger partial charge in [-0.1, -0.05) is 18.7 Å². The van der Waals surface area contributed by atoms with Crippen molar-refractivity contribution in [1.82, 2.24) is 0 Å². The summed E-state index contributed by atoms with van der Waals surface area (Å²) in [5.74, 6) is 0.957. The highest BCUT2D eigenvalue weighted by atomic mass is 15.3. The van der Waals surface area contributed by atoms with E-state index in [0.717, 1.165) is 11.5 Å². The summed E-state index contributed by atoms with van der Waals surface area (Å²) >= 11 is 0. The van der Waals surface area contributed by atoms with Crippen LogP contribution in [0.3, 0.4) is 0 Å². The molecule has 0 amide bonds. The number of anilines is 2. The number of benzene rings is 1. The van der Waals surface area contributed by atoms with Gasteiger partial charge in [-0.3, -0.25) is 0 Å². The minimum Gasteiger partial charge on any atom is -0.340 e. The van der Waals surface area contributed by atoms with E-state index in [4.69, 9.17) is 0 Å². The van der Waals surface area contributed by atoms with Crippen molar-refractivity contribution in [3.8, 4) is 0 Å². The summed E-state index contributed by atoms with van der Waals surface area (Å²) in [6.07, 6.45) is 0. The molecule has 0 bridgehead atoms. The zero-order valence-corrected chi connectivity index (χ0v) is 8.96. The Hall–Kier alpha value is -1.44. The van der Waals surface area contributed by atoms with E-state index >= 15 is 0 Å². The molecule has 0 unspecified atom stereocenters. The molecule has 1 N–H and O–H groups in total. The van der Waals surface area contributed by atoms with Crippen molar-refractivity contribution in [3.63, 3.8) is 0 Å². The van der Waals surface area contributed by atoms with E-state index in [2.05, 4.69) is 55.8 Å². The van der Waals surface area contributed by atoms with Gasteiger partial charge >= 0.3 is 0 Å². The van der Waals surface area contributed by atoms with Gasteiger partial charge in [0.05, 0.1) is 11.4 Å². The minimum absolute atomic E-state index is 0.0662. The Bertz CT molecular complexity index is 374. The first kappa shape index (κ1) is 9.13. The molecule has 0 saturated carbocycles. The Morgan fingerprint density at radius 3 is 2.50 bits per heavy atom. The zero-order chi connectivity index (χ0) is 10.3. The van der Waals surface area contributed by atoms with Crippen molar-refractivity contribution < 1.29 is 0 Å². The molecular weight excluding hydrogens is 172 g/mol. The van der Waals surface area contributed by atoms with E-state index in [9.17, 15) is 0 Å². The number of para-hydroxylation sites is 2. The zero-order valence-electron chi connectivity index (χ0n) is 8.96. The van der Waals surface area contributed by atoms with Crippen molar-refractivity contribution >= 4 is 11.4 Å². The number of rotatable bonds is 0. The van der Waals surface area contributed by atoms with Crippen LogP contribution in [-0.2, 0) is 0 Å². The van der Waals surface area contributed by atoms with E-state index in [1.165, 1.54) is 5.69 Å². The molecule has 0 atom stereocenters. The van der Waals surface area contributed by atoms with Crippen molar-refractivity contribution in [2.24, 2.45) is 0 Å². The fourth-order valence-corrected chi connectivity index (χ4v) is 1.90. The average molecular weight is 188 g/mol. The van der Waals surface area contributed by atoms with Gasteiger partial charge in [-0.25, -0.2) is 0 Å². The summed E-state index contributed by atoms with van der Waals surface area (Å²) in [7, 11) is 0. The molecular formula is C12H16N2. The smallest absolute Gasteiger partial charge is 0.103 e. The normalized spacial score (nSPS) is 15.4. The van der Waals surface area contributed by atoms with Gasteiger partial charge in [0.15, 0.2) is 0 Å². The third-order valence-electron chi connectivity index (χ3n) is 2.36. The lowest BCUT2D eigenvalue weighted by molar-refractivity contribution is 0.550. The summed E-state index contributed by atoms with van der Waals surface area (Å²) in [6.45, 7) is 10.6. The van der Waals surface area contributed by atoms with E-state index in [-0.39, 0.29) is 5.54 Å². The molecule has 0 spiro atoms. The molecule has 0 radical (unpaired) electrons. The van der Waals surface area contributed by atoms with Crippen LogP contribution in [0.5, 0.6) is 0 Å². The number of nitrogens with one attached hydrogen (secondary N) is 1. The minimum atomic E-state index is 0.0662. The summed E-state index contributed by atoms with van der Waals surface area (Å²) in [5.41, 5.74) is 2.42. The molecule has 0 aromatic heterocycles. The topological polar surface area (TPSA) is 15.3 Å². The van der Waals surface area contributed by atoms with E-state index < -0.39 is 0 Å². The van der Waals surface area contributed by atoms with Crippen LogP contribution in [0.4, 0.5) is 11.4 Å². The highest BCUT2D eigenvalue weighted by Crippen LogP contribution is 2.39. The Balaban J connectivity index is 2.50. The maximum absolute atomic E-state index is 4.03. The van der Waals surface area contributed by atoms with Gasteiger partial charge in [0.25, 0.3) is 0 Å². The van der Waals surface area contributed by atoms with E-state index in [0.29, 0.717) is 0 Å². The van der Waals surface area contributed by atoms with Crippen LogP contribution in [0.15, 0.2) is 36.7 Å². The highest BCUT2D eigenvalue weighted by molar-refractivity contribution is 5.81. The second-order valence-electron chi connectivity index (χ2n) is 4.60. The first-order valence-corrected chi connectivity index (χ1v) is 4.85. The number of hydrogen-bond donors (Lipinski definition) is 1. The third kappa shape index (κ3) is 1.27. The van der Waals surface area contributed by atoms with Crippen LogP contribution in [0.25, 0.3) is 0 Å². The van der Waals surface area contributed by atoms with Gasteiger partial charge in [-0.2, -0.15) is 0 Å². The average Bonchev–Trinajstić information content (AvgIpc) is 2.38. The SMILES string of the molecule is C=C1Nc2ccccc2N1C(C)(C)C. The van der Waals surface area contributed by atoms with Gasteiger partial charge in [-0.15, -0.1) is 0 Å². The fourth-order valence-electron chi connectivity index (χ4n) is 1.90. The van der Waals surface area contributed by atoms with Crippen molar-refractivity contribution in [3.05, 3.63) is 36.7 Å². The van der Waals surface area contributed by atoms with Crippen LogP contribution < -0.4 is 10.2 Å². The van der Waals surface area contributed by atoms with Crippen LogP contribution in [0.1, 0.15) is 20.8 Å². The van der Waals surface area contributed by atoms with Gasteiger partial charge in [0.2, 0.25) is 0 Å². The lowest BCUT2D eigenvalue weighted by atomic mass is 10.1. The number of hydrogen-bond acceptors (Lipinski definition) is 2. The first-order valence-electron chi connectivity index (χ1n) is 4.85. The molecule has 1 heterocycles. The molecule has 14 heavy (non-hydrogen) atoms. The molecule has 1 aromatic rings. The first-order chi connectivity index (χ1) is 6.50. The molecule has 2 heteroatoms. The Morgan fingerprint density at radius 2 is 1.86 bits per heavy atom. The number of fused-ring (bicyclic) bond motifs is 1. The molecule has 2 nitrogen and oxygen atoms in total. The molecule has 1 aliphatic heterocycles. The predicted octanol–water partition coefficient (Wildman–Crippen LogP) is 3.19. The number of nitrogens with zero attached hydrogens (tertiary/aromatic N) is 1. The predicted molar refractivity (Wildman–Crippen MR) is 61.4 cm³/mol. The van der Waals surface area contributed by atoms with Crippen LogP contribution in [-0.4, -0.2) is 5.54 Å². The molecule has 2 rings (SSSR count). The Kier molecular flexibility index (Phi) is 1.81. The van der Waals surface area contributed by atoms with Crippen molar-refractivity contribution in [2.45, 2.75) is 26.3 Å². The van der Waals surface area contributed by atoms with Gasteiger partial charge in [-0.05, 0) is 32.9 Å². The van der Waals surface area contributed by atoms with E-state index in [1.54, 1.807) is 0 Å². The summed E-state index contributed by atoms with van der Waals surface area (Å²) < 4.78 is 0. The van der Waals surface area contributed by atoms with Crippen LogP contribution in [0, 0.1) is 0 Å². The summed E-state index contributed by atoms with van der Waals surface area (Å²) in [5, 5.41) is 3.29. The third-order valence-corrected chi connectivity index (χ3v) is 2.36. The van der Waals surface area contributed by atoms with Crippen molar-refractivity contribution in [1.29, 1.82) is 0 Å². The van der Waals surface area contributed by atoms with Gasteiger partial charge in [0, 0.05) is 5.54 Å². The molecule has 0 saturated heterocycles. The summed E-state index contributed by atoms with van der Waals surface area (Å²) in [6, 6.07) is 8.28. The Morgan fingerprint density at radius 1 is 1.21 bits per heavy atom. The van der Waals surface area contributed by atoms with Crippen LogP contribution >= 0.6 is 0 Å². The lowest BCUT2D eigenvalue weighted by Gasteiger charge is -2.34. The van der Waals surface area contributed by atoms with Gasteiger partial charge < -0.3 is 10.2 Å². The van der Waals surface area contributed by atoms with E-state index in [1.807, 2.05) is 6.07 Å².